The second-order valence-electron chi connectivity index (χ2n) is 5.72. The summed E-state index contributed by atoms with van der Waals surface area (Å²) in [6, 6.07) is 10.7. The lowest BCUT2D eigenvalue weighted by Gasteiger charge is -2.16. The van der Waals surface area contributed by atoms with Crippen molar-refractivity contribution in [1.82, 2.24) is 4.31 Å². The van der Waals surface area contributed by atoms with Crippen LogP contribution >= 0.6 is 23.2 Å². The molecule has 2 aromatic rings. The molecule has 0 saturated carbocycles. The van der Waals surface area contributed by atoms with Gasteiger partial charge in [0.1, 0.15) is 0 Å². The molecular formula is C17H16Cl2N2O3S. The van der Waals surface area contributed by atoms with Crippen molar-refractivity contribution >= 4 is 44.8 Å². The smallest absolute Gasteiger partial charge is 0.255 e. The summed E-state index contributed by atoms with van der Waals surface area (Å²) >= 11 is 12.0. The lowest BCUT2D eigenvalue weighted by molar-refractivity contribution is 0.102. The van der Waals surface area contributed by atoms with Gasteiger partial charge in [-0.05, 0) is 49.2 Å². The van der Waals surface area contributed by atoms with Crippen LogP contribution < -0.4 is 5.32 Å². The van der Waals surface area contributed by atoms with Gasteiger partial charge in [0.05, 0.1) is 15.6 Å². The van der Waals surface area contributed by atoms with Crippen molar-refractivity contribution in [2.75, 3.05) is 18.4 Å². The van der Waals surface area contributed by atoms with Gasteiger partial charge < -0.3 is 5.32 Å². The number of carbonyl (C=O) groups excluding carboxylic acids is 1. The Hall–Kier alpha value is -1.60. The predicted molar refractivity (Wildman–Crippen MR) is 98.9 cm³/mol. The molecule has 0 bridgehead atoms. The van der Waals surface area contributed by atoms with E-state index in [0.29, 0.717) is 28.8 Å². The van der Waals surface area contributed by atoms with Crippen LogP contribution in [0.5, 0.6) is 0 Å². The Kier molecular flexibility index (Phi) is 5.34. The number of carbonyl (C=O) groups is 1. The van der Waals surface area contributed by atoms with Gasteiger partial charge in [-0.1, -0.05) is 29.3 Å². The Labute approximate surface area is 156 Å². The van der Waals surface area contributed by atoms with E-state index in [4.69, 9.17) is 23.2 Å². The van der Waals surface area contributed by atoms with Crippen LogP contribution in [0.2, 0.25) is 10.0 Å². The number of rotatable bonds is 4. The number of hydrogen-bond acceptors (Lipinski definition) is 3. The average molecular weight is 399 g/mol. The standard InChI is InChI=1S/C17H16Cl2N2O3S/c18-13-6-7-15(19)16(11-13)20-17(22)12-4-3-5-14(10-12)25(23,24)21-8-1-2-9-21/h3-7,10-11H,1-2,8-9H2,(H,20,22). The number of sulfonamides is 1. The molecule has 0 aliphatic carbocycles. The van der Waals surface area contributed by atoms with Gasteiger partial charge in [-0.15, -0.1) is 0 Å². The molecule has 5 nitrogen and oxygen atoms in total. The molecule has 1 aliphatic heterocycles. The average Bonchev–Trinajstić information content (AvgIpc) is 3.13. The minimum absolute atomic E-state index is 0.110. The van der Waals surface area contributed by atoms with Crippen molar-refractivity contribution in [3.8, 4) is 0 Å². The molecule has 1 fully saturated rings. The van der Waals surface area contributed by atoms with E-state index in [1.165, 1.54) is 22.5 Å². The largest absolute Gasteiger partial charge is 0.321 e. The fourth-order valence-corrected chi connectivity index (χ4v) is 4.56. The first-order chi connectivity index (χ1) is 11.9. The van der Waals surface area contributed by atoms with Crippen LogP contribution in [0.4, 0.5) is 5.69 Å². The summed E-state index contributed by atoms with van der Waals surface area (Å²) in [6.45, 7) is 1.02. The summed E-state index contributed by atoms with van der Waals surface area (Å²) in [5, 5.41) is 3.43. The summed E-state index contributed by atoms with van der Waals surface area (Å²) in [6.07, 6.45) is 1.71. The SMILES string of the molecule is O=C(Nc1cc(Cl)ccc1Cl)c1cccc(S(=O)(=O)N2CCCC2)c1. The topological polar surface area (TPSA) is 66.5 Å². The number of nitrogens with zero attached hydrogens (tertiary/aromatic N) is 1. The number of anilines is 1. The van der Waals surface area contributed by atoms with E-state index in [1.807, 2.05) is 0 Å². The van der Waals surface area contributed by atoms with E-state index in [-0.39, 0.29) is 10.5 Å². The molecule has 1 saturated heterocycles. The molecule has 0 radical (unpaired) electrons. The number of benzene rings is 2. The third kappa shape index (κ3) is 3.98. The van der Waals surface area contributed by atoms with Crippen molar-refractivity contribution in [1.29, 1.82) is 0 Å². The molecule has 0 spiro atoms. The first kappa shape index (κ1) is 18.2. The highest BCUT2D eigenvalue weighted by atomic mass is 35.5. The Morgan fingerprint density at radius 3 is 2.48 bits per heavy atom. The number of halogens is 2. The summed E-state index contributed by atoms with van der Waals surface area (Å²) in [5.41, 5.74) is 0.600. The quantitative estimate of drug-likeness (QED) is 0.844. The fraction of sp³-hybridized carbons (Fsp3) is 0.235. The molecule has 8 heteroatoms. The van der Waals surface area contributed by atoms with Gasteiger partial charge in [0.15, 0.2) is 0 Å². The van der Waals surface area contributed by atoms with Crippen molar-refractivity contribution < 1.29 is 13.2 Å². The summed E-state index contributed by atoms with van der Waals surface area (Å²) in [7, 11) is -3.58. The predicted octanol–water partition coefficient (Wildman–Crippen LogP) is 4.03. The maximum atomic E-state index is 12.6. The van der Waals surface area contributed by atoms with Gasteiger partial charge in [-0.25, -0.2) is 8.42 Å². The highest BCUT2D eigenvalue weighted by Gasteiger charge is 2.27. The van der Waals surface area contributed by atoms with Crippen LogP contribution in [0.15, 0.2) is 47.4 Å². The Morgan fingerprint density at radius 1 is 1.04 bits per heavy atom. The maximum absolute atomic E-state index is 12.6. The van der Waals surface area contributed by atoms with E-state index in [2.05, 4.69) is 5.32 Å². The maximum Gasteiger partial charge on any atom is 0.255 e. The zero-order valence-corrected chi connectivity index (χ0v) is 15.5. The lowest BCUT2D eigenvalue weighted by Crippen LogP contribution is -2.28. The van der Waals surface area contributed by atoms with Crippen molar-refractivity contribution in [3.05, 3.63) is 58.1 Å². The van der Waals surface area contributed by atoms with Crippen LogP contribution in [0.25, 0.3) is 0 Å². The van der Waals surface area contributed by atoms with Crippen LogP contribution in [-0.4, -0.2) is 31.7 Å². The number of amides is 1. The number of nitrogens with one attached hydrogen (secondary N) is 1. The monoisotopic (exact) mass is 398 g/mol. The number of hydrogen-bond donors (Lipinski definition) is 1. The summed E-state index contributed by atoms with van der Waals surface area (Å²) < 4.78 is 26.7. The molecule has 1 amide bonds. The first-order valence-corrected chi connectivity index (χ1v) is 9.94. The third-order valence-electron chi connectivity index (χ3n) is 3.98. The normalized spacial score (nSPS) is 15.3. The molecule has 1 N–H and O–H groups in total. The van der Waals surface area contributed by atoms with Crippen LogP contribution in [0, 0.1) is 0 Å². The first-order valence-electron chi connectivity index (χ1n) is 7.74. The van der Waals surface area contributed by atoms with Crippen molar-refractivity contribution in [2.45, 2.75) is 17.7 Å². The van der Waals surface area contributed by atoms with Gasteiger partial charge in [0, 0.05) is 23.7 Å². The van der Waals surface area contributed by atoms with Gasteiger partial charge in [0.25, 0.3) is 5.91 Å². The van der Waals surface area contributed by atoms with E-state index in [9.17, 15) is 13.2 Å². The molecule has 0 atom stereocenters. The summed E-state index contributed by atoms with van der Waals surface area (Å²) in [5.74, 6) is -0.456. The third-order valence-corrected chi connectivity index (χ3v) is 6.43. The fourth-order valence-electron chi connectivity index (χ4n) is 2.66. The van der Waals surface area contributed by atoms with E-state index < -0.39 is 15.9 Å². The van der Waals surface area contributed by atoms with Crippen LogP contribution in [-0.2, 0) is 10.0 Å². The van der Waals surface area contributed by atoms with E-state index in [0.717, 1.165) is 12.8 Å². The second kappa shape index (κ2) is 7.33. The zero-order valence-electron chi connectivity index (χ0n) is 13.2. The van der Waals surface area contributed by atoms with Gasteiger partial charge >= 0.3 is 0 Å². The Bertz CT molecular complexity index is 910. The van der Waals surface area contributed by atoms with Crippen molar-refractivity contribution in [2.24, 2.45) is 0 Å². The molecule has 1 heterocycles. The molecule has 132 valence electrons. The highest BCUT2D eigenvalue weighted by Crippen LogP contribution is 2.26. The molecule has 2 aromatic carbocycles. The molecule has 25 heavy (non-hydrogen) atoms. The molecule has 0 aromatic heterocycles. The molecule has 0 unspecified atom stereocenters. The molecule has 3 rings (SSSR count). The van der Waals surface area contributed by atoms with E-state index >= 15 is 0 Å². The minimum Gasteiger partial charge on any atom is -0.321 e. The summed E-state index contributed by atoms with van der Waals surface area (Å²) in [4.78, 5) is 12.6. The van der Waals surface area contributed by atoms with Gasteiger partial charge in [0.2, 0.25) is 10.0 Å². The Balaban J connectivity index is 1.86. The van der Waals surface area contributed by atoms with Crippen LogP contribution in [0.3, 0.4) is 0 Å². The van der Waals surface area contributed by atoms with Crippen molar-refractivity contribution in [3.63, 3.8) is 0 Å². The molecular weight excluding hydrogens is 383 g/mol. The lowest BCUT2D eigenvalue weighted by atomic mass is 10.2. The molecule has 1 aliphatic rings. The second-order valence-corrected chi connectivity index (χ2v) is 8.50. The van der Waals surface area contributed by atoms with Crippen LogP contribution in [0.1, 0.15) is 23.2 Å². The van der Waals surface area contributed by atoms with E-state index in [1.54, 1.807) is 24.3 Å². The zero-order chi connectivity index (χ0) is 18.0. The van der Waals surface area contributed by atoms with Gasteiger partial charge in [-0.2, -0.15) is 4.31 Å². The Morgan fingerprint density at radius 2 is 1.76 bits per heavy atom. The minimum atomic E-state index is -3.58. The highest BCUT2D eigenvalue weighted by molar-refractivity contribution is 7.89. The van der Waals surface area contributed by atoms with Gasteiger partial charge in [-0.3, -0.25) is 4.79 Å².